The number of carbonyl (C=O) groups excluding carboxylic acids is 2. The summed E-state index contributed by atoms with van der Waals surface area (Å²) in [5, 5.41) is 12.0. The molecule has 0 saturated carbocycles. The zero-order chi connectivity index (χ0) is 20.1. The third kappa shape index (κ3) is 4.94. The average Bonchev–Trinajstić information content (AvgIpc) is 3.09. The summed E-state index contributed by atoms with van der Waals surface area (Å²) in [7, 11) is 1.36. The smallest absolute Gasteiger partial charge is 0.409 e. The van der Waals surface area contributed by atoms with Crippen LogP contribution in [0.1, 0.15) is 11.5 Å². The Morgan fingerprint density at radius 2 is 1.96 bits per heavy atom. The molecule has 3 amide bonds. The van der Waals surface area contributed by atoms with Crippen molar-refractivity contribution in [3.63, 3.8) is 0 Å². The highest BCUT2D eigenvalue weighted by atomic mass is 19.1. The van der Waals surface area contributed by atoms with E-state index in [-0.39, 0.29) is 17.8 Å². The fourth-order valence-corrected chi connectivity index (χ4v) is 2.84. The van der Waals surface area contributed by atoms with Gasteiger partial charge in [-0.3, -0.25) is 10.2 Å². The van der Waals surface area contributed by atoms with Crippen molar-refractivity contribution in [1.29, 1.82) is 0 Å². The first kappa shape index (κ1) is 19.5. The summed E-state index contributed by atoms with van der Waals surface area (Å²) in [5.74, 6) is -0.258. The van der Waals surface area contributed by atoms with Gasteiger partial charge in [0.25, 0.3) is 0 Å². The summed E-state index contributed by atoms with van der Waals surface area (Å²) in [6, 6.07) is 3.76. The molecule has 1 fully saturated rings. The van der Waals surface area contributed by atoms with E-state index in [0.717, 1.165) is 5.56 Å². The summed E-state index contributed by atoms with van der Waals surface area (Å²) < 4.78 is 23.8. The van der Waals surface area contributed by atoms with Crippen molar-refractivity contribution in [3.8, 4) is 0 Å². The molecule has 2 aromatic rings. The van der Waals surface area contributed by atoms with Gasteiger partial charge in [0.1, 0.15) is 5.82 Å². The maximum atomic E-state index is 14.1. The zero-order valence-electron chi connectivity index (χ0n) is 15.6. The van der Waals surface area contributed by atoms with Crippen LogP contribution in [0.25, 0.3) is 0 Å². The van der Waals surface area contributed by atoms with Crippen LogP contribution >= 0.6 is 0 Å². The van der Waals surface area contributed by atoms with Crippen molar-refractivity contribution in [2.24, 2.45) is 0 Å². The van der Waals surface area contributed by atoms with Crippen molar-refractivity contribution in [2.45, 2.75) is 13.5 Å². The lowest BCUT2D eigenvalue weighted by molar-refractivity contribution is 0.0889. The van der Waals surface area contributed by atoms with Gasteiger partial charge in [0.15, 0.2) is 0 Å². The Kier molecular flexibility index (Phi) is 6.04. The standard InChI is InChI=1S/C17H21FN6O4/c1-11-21-22-16(28-11)20-15(25)19-14-9-12(3-4-13(14)18)10-23-5-7-24(8-6-23)17(26)27-2/h3-4,9H,5-8,10H2,1-2H3,(H2,19,20,22,25). The molecule has 0 aliphatic carbocycles. The molecular formula is C17H21FN6O4. The quantitative estimate of drug-likeness (QED) is 0.819. The second-order valence-corrected chi connectivity index (χ2v) is 6.25. The molecule has 1 aromatic carbocycles. The number of hydrogen-bond donors (Lipinski definition) is 2. The highest BCUT2D eigenvalue weighted by molar-refractivity contribution is 5.98. The molecule has 0 bridgehead atoms. The third-order valence-corrected chi connectivity index (χ3v) is 4.24. The highest BCUT2D eigenvalue weighted by Crippen LogP contribution is 2.19. The van der Waals surface area contributed by atoms with E-state index in [9.17, 15) is 14.0 Å². The van der Waals surface area contributed by atoms with Gasteiger partial charge in [0, 0.05) is 39.6 Å². The highest BCUT2D eigenvalue weighted by Gasteiger charge is 2.21. The van der Waals surface area contributed by atoms with Gasteiger partial charge in [-0.15, -0.1) is 5.10 Å². The monoisotopic (exact) mass is 392 g/mol. The average molecular weight is 392 g/mol. The maximum absolute atomic E-state index is 14.1. The van der Waals surface area contributed by atoms with E-state index in [1.54, 1.807) is 24.0 Å². The molecule has 3 rings (SSSR count). The van der Waals surface area contributed by atoms with Gasteiger partial charge >= 0.3 is 18.1 Å². The number of halogens is 1. The van der Waals surface area contributed by atoms with Gasteiger partial charge in [0.2, 0.25) is 5.89 Å². The number of rotatable bonds is 4. The summed E-state index contributed by atoms with van der Waals surface area (Å²) in [4.78, 5) is 27.3. The molecule has 10 nitrogen and oxygen atoms in total. The molecule has 1 aromatic heterocycles. The van der Waals surface area contributed by atoms with Crippen LogP contribution in [0.3, 0.4) is 0 Å². The number of amides is 3. The lowest BCUT2D eigenvalue weighted by Crippen LogP contribution is -2.48. The minimum atomic E-state index is -0.689. The molecule has 1 aliphatic heterocycles. The number of aryl methyl sites for hydroxylation is 1. The van der Waals surface area contributed by atoms with Crippen LogP contribution in [-0.2, 0) is 11.3 Å². The molecule has 0 atom stereocenters. The molecule has 1 aliphatic rings. The number of methoxy groups -OCH3 is 1. The fourth-order valence-electron chi connectivity index (χ4n) is 2.84. The van der Waals surface area contributed by atoms with Crippen LogP contribution in [0.5, 0.6) is 0 Å². The predicted molar refractivity (Wildman–Crippen MR) is 97.3 cm³/mol. The van der Waals surface area contributed by atoms with E-state index in [2.05, 4.69) is 25.7 Å². The van der Waals surface area contributed by atoms with E-state index in [0.29, 0.717) is 38.6 Å². The molecule has 2 N–H and O–H groups in total. The van der Waals surface area contributed by atoms with Crippen LogP contribution in [0.4, 0.5) is 25.7 Å². The molecule has 11 heteroatoms. The van der Waals surface area contributed by atoms with Crippen molar-refractivity contribution < 1.29 is 23.1 Å². The van der Waals surface area contributed by atoms with Gasteiger partial charge in [-0.05, 0) is 17.7 Å². The van der Waals surface area contributed by atoms with Gasteiger partial charge in [-0.25, -0.2) is 14.0 Å². The second kappa shape index (κ2) is 8.65. The number of hydrogen-bond acceptors (Lipinski definition) is 7. The Morgan fingerprint density at radius 1 is 1.21 bits per heavy atom. The minimum absolute atomic E-state index is 0.0411. The lowest BCUT2D eigenvalue weighted by Gasteiger charge is -2.33. The van der Waals surface area contributed by atoms with Crippen LogP contribution in [0, 0.1) is 12.7 Å². The van der Waals surface area contributed by atoms with Crippen LogP contribution in [0.15, 0.2) is 22.6 Å². The van der Waals surface area contributed by atoms with Crippen molar-refractivity contribution in [1.82, 2.24) is 20.0 Å². The summed E-state index contributed by atoms with van der Waals surface area (Å²) in [6.07, 6.45) is -0.338. The van der Waals surface area contributed by atoms with Gasteiger partial charge in [-0.1, -0.05) is 11.2 Å². The number of urea groups is 1. The summed E-state index contributed by atoms with van der Waals surface area (Å²) >= 11 is 0. The Labute approximate surface area is 160 Å². The Bertz CT molecular complexity index is 850. The number of nitrogens with zero attached hydrogens (tertiary/aromatic N) is 4. The second-order valence-electron chi connectivity index (χ2n) is 6.25. The summed E-state index contributed by atoms with van der Waals surface area (Å²) in [5.41, 5.74) is 0.872. The van der Waals surface area contributed by atoms with Gasteiger partial charge in [0.05, 0.1) is 12.8 Å². The van der Waals surface area contributed by atoms with Crippen LogP contribution < -0.4 is 10.6 Å². The molecule has 28 heavy (non-hydrogen) atoms. The molecular weight excluding hydrogens is 371 g/mol. The first-order chi connectivity index (χ1) is 13.4. The van der Waals surface area contributed by atoms with Crippen molar-refractivity contribution in [2.75, 3.05) is 43.9 Å². The SMILES string of the molecule is COC(=O)N1CCN(Cc2ccc(F)c(NC(=O)Nc3nnc(C)o3)c2)CC1. The van der Waals surface area contributed by atoms with Gasteiger partial charge < -0.3 is 19.4 Å². The normalized spacial score (nSPS) is 14.6. The Balaban J connectivity index is 1.57. The Morgan fingerprint density at radius 3 is 2.61 bits per heavy atom. The molecule has 0 spiro atoms. The fraction of sp³-hybridized carbons (Fsp3) is 0.412. The number of aromatic nitrogens is 2. The number of piperazine rings is 1. The van der Waals surface area contributed by atoms with Crippen molar-refractivity contribution >= 4 is 23.8 Å². The van der Waals surface area contributed by atoms with Crippen LogP contribution in [0.2, 0.25) is 0 Å². The third-order valence-electron chi connectivity index (χ3n) is 4.24. The molecule has 0 radical (unpaired) electrons. The largest absolute Gasteiger partial charge is 0.453 e. The molecule has 150 valence electrons. The van der Waals surface area contributed by atoms with E-state index >= 15 is 0 Å². The first-order valence-electron chi connectivity index (χ1n) is 8.66. The van der Waals surface area contributed by atoms with E-state index in [1.165, 1.54) is 13.2 Å². The lowest BCUT2D eigenvalue weighted by atomic mass is 10.1. The van der Waals surface area contributed by atoms with E-state index in [1.807, 2.05) is 0 Å². The minimum Gasteiger partial charge on any atom is -0.453 e. The predicted octanol–water partition coefficient (Wildman–Crippen LogP) is 2.05. The Hall–Kier alpha value is -3.21. The molecule has 1 saturated heterocycles. The zero-order valence-corrected chi connectivity index (χ0v) is 15.6. The number of anilines is 2. The number of nitrogens with one attached hydrogen (secondary N) is 2. The first-order valence-corrected chi connectivity index (χ1v) is 8.66. The van der Waals surface area contributed by atoms with Crippen LogP contribution in [-0.4, -0.2) is 65.4 Å². The molecule has 2 heterocycles. The van der Waals surface area contributed by atoms with E-state index in [4.69, 9.17) is 9.15 Å². The topological polar surface area (TPSA) is 113 Å². The maximum Gasteiger partial charge on any atom is 0.409 e. The van der Waals surface area contributed by atoms with Crippen molar-refractivity contribution in [3.05, 3.63) is 35.5 Å². The number of ether oxygens (including phenoxy) is 1. The van der Waals surface area contributed by atoms with E-state index < -0.39 is 11.8 Å². The number of carbonyl (C=O) groups is 2. The summed E-state index contributed by atoms with van der Waals surface area (Å²) in [6.45, 7) is 4.62. The van der Waals surface area contributed by atoms with Gasteiger partial charge in [-0.2, -0.15) is 0 Å². The number of benzene rings is 1. The molecule has 0 unspecified atom stereocenters.